The third kappa shape index (κ3) is 0.837. The second-order valence-electron chi connectivity index (χ2n) is 1.21. The van der Waals surface area contributed by atoms with Crippen molar-refractivity contribution in [2.75, 3.05) is 6.67 Å². The molecular weight excluding hydrogens is 152 g/mol. The zero-order valence-electron chi connectivity index (χ0n) is 4.76. The molecule has 0 atom stereocenters. The molecule has 3 rings (SSSR count). The third-order valence-electron chi connectivity index (χ3n) is 0.771. The first-order valence-corrected chi connectivity index (χ1v) is 3.30. The van der Waals surface area contributed by atoms with Gasteiger partial charge in [0, 0.05) is 0 Å². The molecule has 1 fully saturated rings. The van der Waals surface area contributed by atoms with E-state index in [4.69, 9.17) is 0 Å². The average Bonchev–Trinajstić information content (AvgIpc) is 2.24. The summed E-state index contributed by atoms with van der Waals surface area (Å²) in [5, 5.41) is 0. The van der Waals surface area contributed by atoms with E-state index in [9.17, 15) is 0 Å². The summed E-state index contributed by atoms with van der Waals surface area (Å²) in [6.45, 7) is 6.10. The fourth-order valence-electron chi connectivity index (χ4n) is 0.477. The standard InChI is InChI=1S/C3H4N2.C2H5.Cu/c1-2-5-3-4-1;1-2;/h1-2H,3H2;1H2,2H3;/q-2;;+2. The summed E-state index contributed by atoms with van der Waals surface area (Å²) in [5.74, 6) is 0. The van der Waals surface area contributed by atoms with Gasteiger partial charge in [-0.2, -0.15) is 0 Å². The minimum atomic E-state index is 1.10. The largest absolute Gasteiger partial charge is 0.0654 e. The molecule has 0 spiro atoms. The molecule has 3 heteroatoms. The molecule has 0 unspecified atom stereocenters. The molecule has 2 bridgehead atoms. The Labute approximate surface area is 56.7 Å². The summed E-state index contributed by atoms with van der Waals surface area (Å²) < 4.78 is 4.31. The fourth-order valence-corrected chi connectivity index (χ4v) is 1.23. The van der Waals surface area contributed by atoms with Gasteiger partial charge in [-0.1, -0.05) is 13.8 Å². The van der Waals surface area contributed by atoms with Gasteiger partial charge in [0.05, 0.1) is 0 Å². The Hall–Kier alpha value is -0.141. The Morgan fingerprint density at radius 2 is 1.75 bits per heavy atom. The number of hydrogen-bond donors (Lipinski definition) is 0. The van der Waals surface area contributed by atoms with Crippen LogP contribution < -0.4 is 0 Å². The van der Waals surface area contributed by atoms with Crippen LogP contribution in [0.25, 0.3) is 0 Å². The maximum absolute atomic E-state index is 3.25. The topological polar surface area (TPSA) is 6.48 Å². The van der Waals surface area contributed by atoms with E-state index in [1.165, 1.54) is 0 Å². The van der Waals surface area contributed by atoms with Crippen molar-refractivity contribution in [1.82, 2.24) is 7.83 Å². The SMILES string of the molecule is C1=C[N]2C[N]1[Cu]2.[CH2]C. The molecule has 0 aliphatic carbocycles. The van der Waals surface area contributed by atoms with Crippen molar-refractivity contribution >= 4 is 0 Å². The van der Waals surface area contributed by atoms with Crippen LogP contribution in [0.5, 0.6) is 0 Å². The van der Waals surface area contributed by atoms with Crippen LogP contribution in [-0.4, -0.2) is 14.5 Å². The number of nitrogens with zero attached hydrogens (tertiary/aromatic N) is 2. The van der Waals surface area contributed by atoms with Crippen LogP contribution in [0, 0.1) is 6.92 Å². The van der Waals surface area contributed by atoms with E-state index in [-0.39, 0.29) is 0 Å². The van der Waals surface area contributed by atoms with E-state index in [1.807, 2.05) is 15.4 Å². The quantitative estimate of drug-likeness (QED) is 0.484. The van der Waals surface area contributed by atoms with Gasteiger partial charge < -0.3 is 0 Å². The van der Waals surface area contributed by atoms with E-state index in [2.05, 4.69) is 27.2 Å². The van der Waals surface area contributed by atoms with Gasteiger partial charge in [-0.05, 0) is 0 Å². The van der Waals surface area contributed by atoms with Crippen LogP contribution in [0.2, 0.25) is 0 Å². The predicted molar refractivity (Wildman–Crippen MR) is 28.7 cm³/mol. The van der Waals surface area contributed by atoms with Crippen molar-refractivity contribution in [3.05, 3.63) is 19.3 Å². The monoisotopic (exact) mass is 160 g/mol. The predicted octanol–water partition coefficient (Wildman–Crippen LogP) is 0.799. The molecule has 3 aliphatic rings. The van der Waals surface area contributed by atoms with Gasteiger partial charge in [0.15, 0.2) is 0 Å². The molecule has 3 heterocycles. The fraction of sp³-hybridized carbons (Fsp3) is 0.400. The Balaban J connectivity index is 0.000000147. The first-order chi connectivity index (χ1) is 3.95. The molecule has 2 nitrogen and oxygen atoms in total. The molecule has 50 valence electrons. The van der Waals surface area contributed by atoms with Gasteiger partial charge in [0.2, 0.25) is 0 Å². The smallest absolute Gasteiger partial charge is 0.0564 e. The second kappa shape index (κ2) is 2.42. The minimum absolute atomic E-state index is 1.10. The van der Waals surface area contributed by atoms with E-state index >= 15 is 0 Å². The summed E-state index contributed by atoms with van der Waals surface area (Å²) in [6, 6.07) is 0. The van der Waals surface area contributed by atoms with Crippen LogP contribution in [0.3, 0.4) is 0 Å². The zero-order chi connectivity index (χ0) is 5.98. The van der Waals surface area contributed by atoms with Gasteiger partial charge in [0.1, 0.15) is 0 Å². The third-order valence-corrected chi connectivity index (χ3v) is 1.80. The molecule has 0 saturated carbocycles. The average molecular weight is 161 g/mol. The Bertz CT molecular complexity index is 86.6. The van der Waals surface area contributed by atoms with Gasteiger partial charge in [-0.15, -0.1) is 0 Å². The van der Waals surface area contributed by atoms with Crippen LogP contribution in [0.15, 0.2) is 12.4 Å². The van der Waals surface area contributed by atoms with E-state index in [0.29, 0.717) is 0 Å². The minimum Gasteiger partial charge on any atom is -0.0654 e. The molecular formula is C5H9CuN2. The van der Waals surface area contributed by atoms with Crippen molar-refractivity contribution < 1.29 is 15.4 Å². The first kappa shape index (κ1) is 5.99. The normalized spacial score (nSPS) is 20.8. The maximum Gasteiger partial charge on any atom is -0.0564 e. The summed E-state index contributed by atoms with van der Waals surface area (Å²) in [4.78, 5) is 0. The van der Waals surface area contributed by atoms with Crippen molar-refractivity contribution in [2.24, 2.45) is 0 Å². The molecule has 0 aromatic heterocycles. The van der Waals surface area contributed by atoms with Gasteiger partial charge >= 0.3 is 42.3 Å². The van der Waals surface area contributed by atoms with E-state index in [1.54, 1.807) is 6.92 Å². The van der Waals surface area contributed by atoms with Gasteiger partial charge in [-0.25, -0.2) is 0 Å². The molecule has 3 aliphatic heterocycles. The summed E-state index contributed by atoms with van der Waals surface area (Å²) in [6.07, 6.45) is 4.14. The molecule has 1 radical (unpaired) electrons. The van der Waals surface area contributed by atoms with Gasteiger partial charge in [-0.3, -0.25) is 0 Å². The number of rotatable bonds is 0. The van der Waals surface area contributed by atoms with Crippen LogP contribution in [0.1, 0.15) is 6.92 Å². The molecule has 0 aromatic carbocycles. The summed E-state index contributed by atoms with van der Waals surface area (Å²) in [7, 11) is 0. The Morgan fingerprint density at radius 1 is 1.38 bits per heavy atom. The molecule has 0 amide bonds. The van der Waals surface area contributed by atoms with Crippen molar-refractivity contribution in [1.29, 1.82) is 0 Å². The van der Waals surface area contributed by atoms with Crippen LogP contribution in [-0.2, 0) is 15.4 Å². The van der Waals surface area contributed by atoms with Crippen molar-refractivity contribution in [3.63, 3.8) is 0 Å². The van der Waals surface area contributed by atoms with Crippen molar-refractivity contribution in [3.8, 4) is 0 Å². The van der Waals surface area contributed by atoms with Crippen LogP contribution in [0.4, 0.5) is 0 Å². The Kier molecular flexibility index (Phi) is 1.81. The summed E-state index contributed by atoms with van der Waals surface area (Å²) >= 11 is 1.83. The maximum atomic E-state index is 3.25. The van der Waals surface area contributed by atoms with Crippen molar-refractivity contribution in [2.45, 2.75) is 6.92 Å². The molecule has 8 heavy (non-hydrogen) atoms. The zero-order valence-corrected chi connectivity index (χ0v) is 5.71. The molecule has 0 aromatic rings. The Morgan fingerprint density at radius 3 is 1.88 bits per heavy atom. The molecule has 1 saturated heterocycles. The molecule has 0 N–H and O–H groups in total. The van der Waals surface area contributed by atoms with Gasteiger partial charge in [0.25, 0.3) is 0 Å². The summed E-state index contributed by atoms with van der Waals surface area (Å²) in [5.41, 5.74) is 0. The van der Waals surface area contributed by atoms with E-state index in [0.717, 1.165) is 6.67 Å². The van der Waals surface area contributed by atoms with Crippen LogP contribution >= 0.6 is 0 Å². The number of hydrogen-bond acceptors (Lipinski definition) is 2. The second-order valence-corrected chi connectivity index (χ2v) is 2.48. The first-order valence-electron chi connectivity index (χ1n) is 2.46. The van der Waals surface area contributed by atoms with E-state index < -0.39 is 0 Å².